The van der Waals surface area contributed by atoms with Gasteiger partial charge in [0.1, 0.15) is 0 Å². The monoisotopic (exact) mass is 261 g/mol. The highest BCUT2D eigenvalue weighted by atomic mass is 16.5. The maximum atomic E-state index is 12.3. The summed E-state index contributed by atoms with van der Waals surface area (Å²) < 4.78 is 5.04. The van der Waals surface area contributed by atoms with Crippen LogP contribution in [0.5, 0.6) is 5.88 Å². The molecule has 0 bridgehead atoms. The average molecular weight is 261 g/mol. The van der Waals surface area contributed by atoms with Gasteiger partial charge in [0.05, 0.1) is 13.2 Å². The number of hydrazone groups is 1. The first-order valence-electron chi connectivity index (χ1n) is 6.29. The summed E-state index contributed by atoms with van der Waals surface area (Å²) in [4.78, 5) is 16.5. The molecule has 1 aliphatic heterocycles. The van der Waals surface area contributed by atoms with Gasteiger partial charge < -0.3 is 4.74 Å². The topological polar surface area (TPSA) is 54.8 Å². The maximum absolute atomic E-state index is 12.3. The molecule has 1 aromatic rings. The van der Waals surface area contributed by atoms with Crippen molar-refractivity contribution in [1.29, 1.82) is 0 Å². The molecule has 0 aliphatic carbocycles. The molecule has 19 heavy (non-hydrogen) atoms. The Morgan fingerprint density at radius 3 is 2.68 bits per heavy atom. The summed E-state index contributed by atoms with van der Waals surface area (Å²) in [7, 11) is 1.58. The van der Waals surface area contributed by atoms with Crippen LogP contribution in [0, 0.1) is 5.41 Å². The number of ether oxygens (including phenoxy) is 1. The summed E-state index contributed by atoms with van der Waals surface area (Å²) >= 11 is 0. The molecular weight excluding hydrogens is 242 g/mol. The van der Waals surface area contributed by atoms with Gasteiger partial charge in [0.15, 0.2) is 0 Å². The van der Waals surface area contributed by atoms with E-state index in [0.29, 0.717) is 5.88 Å². The Kier molecular flexibility index (Phi) is 3.55. The Bertz CT molecular complexity index is 488. The van der Waals surface area contributed by atoms with Crippen LogP contribution < -0.4 is 4.74 Å². The Balaban J connectivity index is 2.22. The van der Waals surface area contributed by atoms with Gasteiger partial charge in [0.25, 0.3) is 0 Å². The van der Waals surface area contributed by atoms with Crippen LogP contribution in [0.3, 0.4) is 0 Å². The third-order valence-electron chi connectivity index (χ3n) is 3.03. The van der Waals surface area contributed by atoms with E-state index >= 15 is 0 Å². The Morgan fingerprint density at radius 1 is 1.42 bits per heavy atom. The van der Waals surface area contributed by atoms with E-state index in [1.54, 1.807) is 30.6 Å². The number of methoxy groups -OCH3 is 1. The average Bonchev–Trinajstić information content (AvgIpc) is 2.85. The quantitative estimate of drug-likeness (QED) is 0.821. The van der Waals surface area contributed by atoms with Gasteiger partial charge in [0, 0.05) is 30.3 Å². The van der Waals surface area contributed by atoms with E-state index in [2.05, 4.69) is 10.1 Å². The van der Waals surface area contributed by atoms with Crippen LogP contribution in [0.2, 0.25) is 0 Å². The van der Waals surface area contributed by atoms with Crippen molar-refractivity contribution in [2.24, 2.45) is 10.5 Å². The third-order valence-corrected chi connectivity index (χ3v) is 3.03. The minimum absolute atomic E-state index is 0.0158. The molecule has 0 saturated carbocycles. The summed E-state index contributed by atoms with van der Waals surface area (Å²) in [6.07, 6.45) is 4.23. The molecule has 0 N–H and O–H groups in total. The molecule has 5 nitrogen and oxygen atoms in total. The minimum Gasteiger partial charge on any atom is -0.481 e. The van der Waals surface area contributed by atoms with Gasteiger partial charge in [-0.05, 0) is 11.6 Å². The molecule has 5 heteroatoms. The van der Waals surface area contributed by atoms with Crippen molar-refractivity contribution in [3.05, 3.63) is 23.9 Å². The molecule has 1 unspecified atom stereocenters. The molecule has 0 radical (unpaired) electrons. The Labute approximate surface area is 113 Å². The number of carbonyl (C=O) groups is 1. The van der Waals surface area contributed by atoms with E-state index in [9.17, 15) is 4.79 Å². The van der Waals surface area contributed by atoms with Crippen LogP contribution in [0.4, 0.5) is 0 Å². The second-order valence-electron chi connectivity index (χ2n) is 5.58. The van der Waals surface area contributed by atoms with Gasteiger partial charge >= 0.3 is 0 Å². The van der Waals surface area contributed by atoms with E-state index in [1.165, 1.54) is 0 Å². The van der Waals surface area contributed by atoms with Crippen LogP contribution in [0.15, 0.2) is 23.4 Å². The smallest absolute Gasteiger partial charge is 0.248 e. The highest BCUT2D eigenvalue weighted by Gasteiger charge is 2.34. The van der Waals surface area contributed by atoms with E-state index in [4.69, 9.17) is 4.74 Å². The zero-order valence-electron chi connectivity index (χ0n) is 11.8. The molecule has 2 rings (SSSR count). The van der Waals surface area contributed by atoms with E-state index < -0.39 is 5.41 Å². The van der Waals surface area contributed by atoms with Crippen molar-refractivity contribution in [3.63, 3.8) is 0 Å². The normalized spacial score (nSPS) is 18.7. The van der Waals surface area contributed by atoms with E-state index in [1.807, 2.05) is 26.8 Å². The lowest BCUT2D eigenvalue weighted by molar-refractivity contribution is -0.141. The number of aromatic nitrogens is 1. The van der Waals surface area contributed by atoms with Gasteiger partial charge in [-0.2, -0.15) is 5.10 Å². The van der Waals surface area contributed by atoms with Crippen molar-refractivity contribution >= 4 is 12.1 Å². The number of nitrogens with zero attached hydrogens (tertiary/aromatic N) is 3. The minimum atomic E-state index is -0.445. The number of carbonyl (C=O) groups excluding carboxylic acids is 1. The fraction of sp³-hybridized carbons (Fsp3) is 0.500. The first-order chi connectivity index (χ1) is 8.93. The lowest BCUT2D eigenvalue weighted by Gasteiger charge is -2.28. The molecule has 1 aliphatic rings. The molecule has 102 valence electrons. The van der Waals surface area contributed by atoms with Crippen molar-refractivity contribution in [3.8, 4) is 5.88 Å². The highest BCUT2D eigenvalue weighted by molar-refractivity contribution is 5.84. The Morgan fingerprint density at radius 2 is 2.16 bits per heavy atom. The zero-order chi connectivity index (χ0) is 14.0. The SMILES string of the molecule is COc1ccc(C2CC=NN2C(=O)C(C)(C)C)cn1. The number of hydrogen-bond donors (Lipinski definition) is 0. The molecule has 0 saturated heterocycles. The second kappa shape index (κ2) is 4.99. The molecule has 0 spiro atoms. The lowest BCUT2D eigenvalue weighted by atomic mass is 9.94. The predicted molar refractivity (Wildman–Crippen MR) is 72.9 cm³/mol. The van der Waals surface area contributed by atoms with E-state index in [0.717, 1.165) is 12.0 Å². The van der Waals surface area contributed by atoms with Gasteiger partial charge in [0.2, 0.25) is 11.8 Å². The fourth-order valence-electron chi connectivity index (χ4n) is 1.94. The largest absolute Gasteiger partial charge is 0.481 e. The maximum Gasteiger partial charge on any atom is 0.248 e. The third kappa shape index (κ3) is 2.75. The summed E-state index contributed by atoms with van der Waals surface area (Å²) in [5.74, 6) is 0.582. The molecule has 1 aromatic heterocycles. The number of amides is 1. The molecule has 0 aromatic carbocycles. The van der Waals surface area contributed by atoms with Crippen molar-refractivity contribution < 1.29 is 9.53 Å². The lowest BCUT2D eigenvalue weighted by Crippen LogP contribution is -2.36. The summed E-state index contributed by atoms with van der Waals surface area (Å²) in [6.45, 7) is 5.69. The first-order valence-corrected chi connectivity index (χ1v) is 6.29. The van der Waals surface area contributed by atoms with Crippen LogP contribution in [0.25, 0.3) is 0 Å². The van der Waals surface area contributed by atoms with Gasteiger partial charge in [-0.25, -0.2) is 9.99 Å². The Hall–Kier alpha value is -1.91. The zero-order valence-corrected chi connectivity index (χ0v) is 11.8. The van der Waals surface area contributed by atoms with Crippen molar-refractivity contribution in [2.75, 3.05) is 7.11 Å². The molecule has 2 heterocycles. The van der Waals surface area contributed by atoms with Crippen LogP contribution in [0.1, 0.15) is 38.8 Å². The predicted octanol–water partition coefficient (Wildman–Crippen LogP) is 2.40. The van der Waals surface area contributed by atoms with Gasteiger partial charge in [-0.15, -0.1) is 0 Å². The summed E-state index contributed by atoms with van der Waals surface area (Å²) in [5.41, 5.74) is 0.524. The fourth-order valence-corrected chi connectivity index (χ4v) is 1.94. The first kappa shape index (κ1) is 13.5. The second-order valence-corrected chi connectivity index (χ2v) is 5.58. The van der Waals surface area contributed by atoms with Crippen molar-refractivity contribution in [1.82, 2.24) is 9.99 Å². The van der Waals surface area contributed by atoms with Crippen LogP contribution in [-0.4, -0.2) is 29.2 Å². The summed E-state index contributed by atoms with van der Waals surface area (Å²) in [5, 5.41) is 5.76. The molecule has 1 amide bonds. The van der Waals surface area contributed by atoms with Crippen LogP contribution >= 0.6 is 0 Å². The van der Waals surface area contributed by atoms with Crippen LogP contribution in [-0.2, 0) is 4.79 Å². The standard InChI is InChI=1S/C14H19N3O2/c1-14(2,3)13(18)17-11(7-8-16-17)10-5-6-12(19-4)15-9-10/h5-6,8-9,11H,7H2,1-4H3. The number of hydrogen-bond acceptors (Lipinski definition) is 4. The van der Waals surface area contributed by atoms with E-state index in [-0.39, 0.29) is 11.9 Å². The molecule has 0 fully saturated rings. The van der Waals surface area contributed by atoms with Crippen molar-refractivity contribution in [2.45, 2.75) is 33.2 Å². The van der Waals surface area contributed by atoms with Gasteiger partial charge in [-0.3, -0.25) is 4.79 Å². The summed E-state index contributed by atoms with van der Waals surface area (Å²) in [6, 6.07) is 3.66. The highest BCUT2D eigenvalue weighted by Crippen LogP contribution is 2.32. The number of pyridine rings is 1. The molecular formula is C14H19N3O2. The number of rotatable bonds is 2. The molecule has 1 atom stereocenters. The van der Waals surface area contributed by atoms with Gasteiger partial charge in [-0.1, -0.05) is 20.8 Å².